The number of carbonyl (C=O) groups is 7. The Kier molecular flexibility index (Phi) is 23.7. The Labute approximate surface area is 534 Å². The highest BCUT2D eigenvalue weighted by atomic mass is 16.5. The van der Waals surface area contributed by atoms with Gasteiger partial charge in [-0.05, 0) is 171 Å². The summed E-state index contributed by atoms with van der Waals surface area (Å²) in [5.41, 5.74) is 16.4. The Morgan fingerprint density at radius 3 is 1.19 bits per heavy atom. The molecule has 8 aromatic carbocycles. The van der Waals surface area contributed by atoms with E-state index in [0.717, 1.165) is 55.6 Å². The Morgan fingerprint density at radius 2 is 0.791 bits per heavy atom. The van der Waals surface area contributed by atoms with Gasteiger partial charge in [-0.3, -0.25) is 33.6 Å². The molecule has 5 N–H and O–H groups in total. The number of nitrogens with one attached hydrogen (secondary N) is 3. The fourth-order valence-electron chi connectivity index (χ4n) is 11.6. The highest BCUT2D eigenvalue weighted by Crippen LogP contribution is 2.29. The summed E-state index contributed by atoms with van der Waals surface area (Å²) >= 11 is 0. The molecule has 0 saturated heterocycles. The SMILES string of the molecule is CC(=O)N[C@H]1Cc2cccc(c2)Oc2cccc(c2)C[C@@H](C(=O)CCc2ccc(C)cc2)NC(=O)[C@H](CCc2ccccc2)CC1=O.Cc1ccc(CCC(=O)[C@@H]2Cc3cccc(c3)Oc3cccc(c3)C[C@H](N)C(=O)C[C@@H](CCc3ccccc3)C(=O)N2)cc1. The first-order chi connectivity index (χ1) is 44.0. The number of aryl methyl sites for hydroxylation is 6. The van der Waals surface area contributed by atoms with Crippen LogP contribution in [0.1, 0.15) is 101 Å². The molecule has 0 spiro atoms. The van der Waals surface area contributed by atoms with Crippen molar-refractivity contribution in [3.05, 3.63) is 262 Å². The number of carbonyl (C=O) groups excluding carboxylic acids is 7. The fraction of sp³-hybridized carbons (Fsp3) is 0.295. The van der Waals surface area contributed by atoms with Crippen LogP contribution < -0.4 is 31.2 Å². The average Bonchev–Trinajstić information content (AvgIpc) is 2.33. The number of amides is 3. The van der Waals surface area contributed by atoms with E-state index in [9.17, 15) is 33.6 Å². The third-order valence-electron chi connectivity index (χ3n) is 16.9. The lowest BCUT2D eigenvalue weighted by molar-refractivity contribution is -0.133. The molecule has 0 aromatic heterocycles. The summed E-state index contributed by atoms with van der Waals surface area (Å²) in [4.78, 5) is 94.9. The minimum absolute atomic E-state index is 0.00971. The molecule has 0 radical (unpaired) electrons. The van der Waals surface area contributed by atoms with Crippen LogP contribution in [-0.4, -0.2) is 65.0 Å². The molecule has 13 nitrogen and oxygen atoms in total. The van der Waals surface area contributed by atoms with Gasteiger partial charge >= 0.3 is 0 Å². The third-order valence-corrected chi connectivity index (χ3v) is 16.9. The highest BCUT2D eigenvalue weighted by molar-refractivity contribution is 5.95. The third kappa shape index (κ3) is 20.7. The summed E-state index contributed by atoms with van der Waals surface area (Å²) in [5, 5.41) is 8.92. The molecule has 2 aliphatic heterocycles. The van der Waals surface area contributed by atoms with Crippen LogP contribution >= 0.6 is 0 Å². The number of nitrogens with two attached hydrogens (primary N) is 1. The number of Topliss-reactive ketones (excluding diaryl/α,β-unsaturated/α-hetero) is 4. The maximum Gasteiger partial charge on any atom is 0.224 e. The van der Waals surface area contributed by atoms with E-state index >= 15 is 0 Å². The molecule has 8 aromatic rings. The molecular formula is C78H82N4O9. The van der Waals surface area contributed by atoms with Crippen LogP contribution in [0.5, 0.6) is 23.0 Å². The number of hydrogen-bond donors (Lipinski definition) is 4. The van der Waals surface area contributed by atoms with Gasteiger partial charge in [0.2, 0.25) is 17.7 Å². The molecular weight excluding hydrogens is 1140 g/mol. The van der Waals surface area contributed by atoms with Gasteiger partial charge in [-0.15, -0.1) is 0 Å². The van der Waals surface area contributed by atoms with Crippen LogP contribution in [0.2, 0.25) is 0 Å². The lowest BCUT2D eigenvalue weighted by Crippen LogP contribution is -2.47. The van der Waals surface area contributed by atoms with Gasteiger partial charge in [-0.1, -0.05) is 169 Å². The maximum atomic E-state index is 14.1. The molecule has 3 amide bonds. The molecule has 0 aliphatic carbocycles. The number of rotatable bonds is 15. The predicted octanol–water partition coefficient (Wildman–Crippen LogP) is 12.4. The maximum absolute atomic E-state index is 14.1. The van der Waals surface area contributed by atoms with Crippen LogP contribution in [0.4, 0.5) is 0 Å². The standard InChI is InChI=1S/C40H42N2O5.C38H40N2O4/c1-27-14-16-30(17-15-27)19-21-38(44)36-24-31-10-6-12-34(22-31)47-35-13-7-11-32(23-35)25-37(41-28(2)43)39(45)26-33(40(46)42-36)20-18-29-8-4-3-5-9-29;1-26-13-15-28(16-14-26)18-20-36(41)35-24-30-10-6-12-33(22-30)44-32-11-5-9-29(21-32)23-34(39)37(42)25-31(38(43)40-35)19-17-27-7-3-2-4-8-27/h3-17,22-23,33,36-37H,18-21,24-26H2,1-2H3,(H,41,43)(H,42,46);2-16,21-22,31,34-35H,17-20,23-25,39H2,1H3,(H,40,43)/t33-,36+,37+;31-,34+,35+/m11/s1. The molecule has 2 heterocycles. The molecule has 0 unspecified atom stereocenters. The molecule has 468 valence electrons. The lowest BCUT2D eigenvalue weighted by atomic mass is 9.89. The Hall–Kier alpha value is -9.59. The van der Waals surface area contributed by atoms with Gasteiger partial charge in [0.1, 0.15) is 23.0 Å². The second-order valence-electron chi connectivity index (χ2n) is 24.3. The molecule has 10 rings (SSSR count). The normalized spacial score (nSPS) is 18.8. The first-order valence-corrected chi connectivity index (χ1v) is 31.7. The summed E-state index contributed by atoms with van der Waals surface area (Å²) in [6.07, 6.45) is 4.91. The quantitative estimate of drug-likeness (QED) is 0.0765. The van der Waals surface area contributed by atoms with Gasteiger partial charge in [0.15, 0.2) is 23.1 Å². The van der Waals surface area contributed by atoms with Crippen molar-refractivity contribution in [2.45, 2.75) is 135 Å². The number of ketones is 4. The summed E-state index contributed by atoms with van der Waals surface area (Å²) in [6, 6.07) is 63.0. The molecule has 0 saturated carbocycles. The molecule has 91 heavy (non-hydrogen) atoms. The predicted molar refractivity (Wildman–Crippen MR) is 355 cm³/mol. The van der Waals surface area contributed by atoms with E-state index in [1.807, 2.05) is 220 Å². The van der Waals surface area contributed by atoms with Crippen LogP contribution in [0.15, 0.2) is 206 Å². The summed E-state index contributed by atoms with van der Waals surface area (Å²) < 4.78 is 12.3. The van der Waals surface area contributed by atoms with Gasteiger partial charge in [0, 0.05) is 44.4 Å². The van der Waals surface area contributed by atoms with E-state index in [-0.39, 0.29) is 79.4 Å². The lowest BCUT2D eigenvalue weighted by Gasteiger charge is -2.25. The van der Waals surface area contributed by atoms with E-state index in [1.165, 1.54) is 6.92 Å². The minimum atomic E-state index is -0.821. The molecule has 6 atom stereocenters. The van der Waals surface area contributed by atoms with Crippen LogP contribution in [0.3, 0.4) is 0 Å². The van der Waals surface area contributed by atoms with Crippen molar-refractivity contribution < 1.29 is 43.0 Å². The van der Waals surface area contributed by atoms with Crippen molar-refractivity contribution in [3.63, 3.8) is 0 Å². The largest absolute Gasteiger partial charge is 0.457 e. The van der Waals surface area contributed by atoms with Crippen molar-refractivity contribution in [1.82, 2.24) is 16.0 Å². The second-order valence-corrected chi connectivity index (χ2v) is 24.3. The van der Waals surface area contributed by atoms with E-state index in [2.05, 4.69) is 16.0 Å². The van der Waals surface area contributed by atoms with Crippen LogP contribution in [0, 0.1) is 25.7 Å². The van der Waals surface area contributed by atoms with Crippen LogP contribution in [-0.2, 0) is 84.9 Å². The van der Waals surface area contributed by atoms with Crippen molar-refractivity contribution in [3.8, 4) is 23.0 Å². The Morgan fingerprint density at radius 1 is 0.429 bits per heavy atom. The summed E-state index contributed by atoms with van der Waals surface area (Å²) in [6.45, 7) is 5.43. The zero-order chi connectivity index (χ0) is 64.1. The number of ether oxygens (including phenoxy) is 2. The minimum Gasteiger partial charge on any atom is -0.457 e. The van der Waals surface area contributed by atoms with Gasteiger partial charge in [-0.2, -0.15) is 0 Å². The highest BCUT2D eigenvalue weighted by Gasteiger charge is 2.32. The Balaban J connectivity index is 0.000000216. The van der Waals surface area contributed by atoms with Gasteiger partial charge in [-0.25, -0.2) is 0 Å². The smallest absolute Gasteiger partial charge is 0.224 e. The first kappa shape index (κ1) is 65.8. The van der Waals surface area contributed by atoms with Crippen molar-refractivity contribution >= 4 is 40.9 Å². The van der Waals surface area contributed by atoms with Gasteiger partial charge < -0.3 is 31.2 Å². The zero-order valence-electron chi connectivity index (χ0n) is 52.2. The van der Waals surface area contributed by atoms with Crippen LogP contribution in [0.25, 0.3) is 0 Å². The van der Waals surface area contributed by atoms with E-state index in [4.69, 9.17) is 15.2 Å². The topological polar surface area (TPSA) is 200 Å². The average molecular weight is 1220 g/mol. The molecule has 0 fully saturated rings. The van der Waals surface area contributed by atoms with Gasteiger partial charge in [0.25, 0.3) is 0 Å². The number of hydrogen-bond acceptors (Lipinski definition) is 10. The summed E-state index contributed by atoms with van der Waals surface area (Å²) in [7, 11) is 0. The monoisotopic (exact) mass is 1220 g/mol. The number of fused-ring (bicyclic) bond motifs is 8. The van der Waals surface area contributed by atoms with Crippen molar-refractivity contribution in [2.75, 3.05) is 0 Å². The van der Waals surface area contributed by atoms with E-state index < -0.39 is 36.0 Å². The van der Waals surface area contributed by atoms with Crippen molar-refractivity contribution in [1.29, 1.82) is 0 Å². The molecule has 13 heteroatoms. The van der Waals surface area contributed by atoms with E-state index in [1.54, 1.807) is 0 Å². The fourth-order valence-corrected chi connectivity index (χ4v) is 11.6. The number of benzene rings is 8. The van der Waals surface area contributed by atoms with Gasteiger partial charge in [0.05, 0.1) is 24.2 Å². The first-order valence-electron chi connectivity index (χ1n) is 31.7. The Bertz CT molecular complexity index is 3780. The second kappa shape index (κ2) is 32.8. The molecule has 8 bridgehead atoms. The molecule has 2 aliphatic rings. The van der Waals surface area contributed by atoms with E-state index in [0.29, 0.717) is 74.4 Å². The zero-order valence-corrected chi connectivity index (χ0v) is 52.2. The van der Waals surface area contributed by atoms with Crippen molar-refractivity contribution in [2.24, 2.45) is 17.6 Å². The summed E-state index contributed by atoms with van der Waals surface area (Å²) in [5.74, 6) is -0.351.